The first-order valence-electron chi connectivity index (χ1n) is 9.89. The number of benzene rings is 1. The third kappa shape index (κ3) is 8.38. The third-order valence-corrected chi connectivity index (χ3v) is 4.73. The van der Waals surface area contributed by atoms with Crippen LogP contribution in [0.2, 0.25) is 0 Å². The molecule has 1 nitrogen and oxygen atoms in total. The number of allylic oxidation sites excluding steroid dienone is 7. The van der Waals surface area contributed by atoms with E-state index in [1.165, 1.54) is 33.5 Å². The topological polar surface area (TPSA) is 12.0 Å². The molecule has 1 aromatic rings. The van der Waals surface area contributed by atoms with Crippen molar-refractivity contribution < 1.29 is 0 Å². The van der Waals surface area contributed by atoms with E-state index in [0.29, 0.717) is 0 Å². The van der Waals surface area contributed by atoms with Crippen LogP contribution in [0.4, 0.5) is 5.69 Å². The van der Waals surface area contributed by atoms with Crippen LogP contribution in [-0.2, 0) is 6.42 Å². The SMILES string of the molecule is C=C(CC)/C(=C\Cc1ccccc1NC)CC/C=C(\C)CCC=C(C)C. The second-order valence-electron chi connectivity index (χ2n) is 7.21. The Hall–Kier alpha value is -2.02. The van der Waals surface area contributed by atoms with E-state index in [9.17, 15) is 0 Å². The Morgan fingerprint density at radius 2 is 1.69 bits per heavy atom. The van der Waals surface area contributed by atoms with E-state index in [4.69, 9.17) is 0 Å². The summed E-state index contributed by atoms with van der Waals surface area (Å²) in [6.07, 6.45) is 13.5. The minimum atomic E-state index is 0.953. The van der Waals surface area contributed by atoms with Crippen molar-refractivity contribution in [2.45, 2.75) is 66.2 Å². The van der Waals surface area contributed by atoms with Gasteiger partial charge in [-0.1, -0.05) is 66.6 Å². The zero-order chi connectivity index (χ0) is 19.4. The molecule has 0 saturated heterocycles. The average Bonchev–Trinajstić information content (AvgIpc) is 2.63. The lowest BCUT2D eigenvalue weighted by atomic mass is 9.96. The molecule has 0 bridgehead atoms. The average molecular weight is 352 g/mol. The number of hydrogen-bond donors (Lipinski definition) is 1. The molecular weight excluding hydrogens is 314 g/mol. The van der Waals surface area contributed by atoms with Crippen LogP contribution < -0.4 is 5.32 Å². The largest absolute Gasteiger partial charge is 0.388 e. The minimum absolute atomic E-state index is 0.953. The van der Waals surface area contributed by atoms with Crippen molar-refractivity contribution in [1.82, 2.24) is 0 Å². The van der Waals surface area contributed by atoms with Gasteiger partial charge in [-0.2, -0.15) is 0 Å². The Morgan fingerprint density at radius 3 is 2.35 bits per heavy atom. The van der Waals surface area contributed by atoms with Gasteiger partial charge in [0.25, 0.3) is 0 Å². The van der Waals surface area contributed by atoms with Crippen molar-refractivity contribution in [1.29, 1.82) is 0 Å². The monoisotopic (exact) mass is 351 g/mol. The quantitative estimate of drug-likeness (QED) is 0.319. The Morgan fingerprint density at radius 1 is 1.00 bits per heavy atom. The van der Waals surface area contributed by atoms with E-state index < -0.39 is 0 Å². The van der Waals surface area contributed by atoms with Crippen LogP contribution in [0.5, 0.6) is 0 Å². The molecule has 0 aliphatic carbocycles. The van der Waals surface area contributed by atoms with Crippen molar-refractivity contribution in [3.63, 3.8) is 0 Å². The number of anilines is 1. The predicted molar refractivity (Wildman–Crippen MR) is 119 cm³/mol. The predicted octanol–water partition coefficient (Wildman–Crippen LogP) is 7.64. The van der Waals surface area contributed by atoms with Crippen LogP contribution >= 0.6 is 0 Å². The number of para-hydroxylation sites is 1. The fourth-order valence-electron chi connectivity index (χ4n) is 2.99. The molecule has 0 aliphatic rings. The van der Waals surface area contributed by atoms with E-state index in [0.717, 1.165) is 38.5 Å². The standard InChI is InChI=1S/C25H37N/c1-7-22(5)23(16-11-14-21(4)13-10-12-20(2)3)18-19-24-15-8-9-17-25(24)26-6/h8-9,12,14-15,17-18,26H,5,7,10-11,13,16,19H2,1-4,6H3/b21-14+,23-18-. The molecule has 1 N–H and O–H groups in total. The lowest BCUT2D eigenvalue weighted by Crippen LogP contribution is -1.95. The summed E-state index contributed by atoms with van der Waals surface area (Å²) in [7, 11) is 1.98. The highest BCUT2D eigenvalue weighted by Gasteiger charge is 2.03. The molecule has 0 aromatic heterocycles. The Labute approximate surface area is 161 Å². The van der Waals surface area contributed by atoms with Gasteiger partial charge in [0.2, 0.25) is 0 Å². The number of nitrogens with one attached hydrogen (secondary N) is 1. The fourth-order valence-corrected chi connectivity index (χ4v) is 2.99. The van der Waals surface area contributed by atoms with Crippen LogP contribution in [0, 0.1) is 0 Å². The maximum atomic E-state index is 4.28. The maximum absolute atomic E-state index is 4.28. The summed E-state index contributed by atoms with van der Waals surface area (Å²) in [4.78, 5) is 0. The van der Waals surface area contributed by atoms with Crippen LogP contribution in [0.1, 0.15) is 65.4 Å². The van der Waals surface area contributed by atoms with E-state index in [1.807, 2.05) is 7.05 Å². The highest BCUT2D eigenvalue weighted by Crippen LogP contribution is 2.22. The molecule has 142 valence electrons. The van der Waals surface area contributed by atoms with Gasteiger partial charge in [0, 0.05) is 12.7 Å². The lowest BCUT2D eigenvalue weighted by molar-refractivity contribution is 0.907. The second-order valence-corrected chi connectivity index (χ2v) is 7.21. The zero-order valence-corrected chi connectivity index (χ0v) is 17.5. The van der Waals surface area contributed by atoms with Gasteiger partial charge < -0.3 is 5.32 Å². The first kappa shape index (κ1) is 22.0. The van der Waals surface area contributed by atoms with Gasteiger partial charge >= 0.3 is 0 Å². The smallest absolute Gasteiger partial charge is 0.0373 e. The first-order valence-corrected chi connectivity index (χ1v) is 9.89. The van der Waals surface area contributed by atoms with Gasteiger partial charge in [-0.3, -0.25) is 0 Å². The number of hydrogen-bond acceptors (Lipinski definition) is 1. The van der Waals surface area contributed by atoms with Crippen molar-refractivity contribution in [2.75, 3.05) is 12.4 Å². The molecule has 26 heavy (non-hydrogen) atoms. The van der Waals surface area contributed by atoms with E-state index in [2.05, 4.69) is 82.1 Å². The Kier molecular flexibility index (Phi) is 10.5. The maximum Gasteiger partial charge on any atom is 0.0373 e. The van der Waals surface area contributed by atoms with E-state index >= 15 is 0 Å². The second kappa shape index (κ2) is 12.4. The Balaban J connectivity index is 2.69. The Bertz CT molecular complexity index is 654. The van der Waals surface area contributed by atoms with Crippen molar-refractivity contribution in [3.05, 3.63) is 76.9 Å². The minimum Gasteiger partial charge on any atom is -0.388 e. The van der Waals surface area contributed by atoms with Crippen molar-refractivity contribution in [3.8, 4) is 0 Å². The molecular formula is C25H37N. The molecule has 1 aromatic carbocycles. The van der Waals surface area contributed by atoms with Crippen LogP contribution in [-0.4, -0.2) is 7.05 Å². The first-order chi connectivity index (χ1) is 12.5. The van der Waals surface area contributed by atoms with E-state index in [-0.39, 0.29) is 0 Å². The highest BCUT2D eigenvalue weighted by molar-refractivity contribution is 5.51. The molecule has 0 heterocycles. The molecule has 0 spiro atoms. The van der Waals surface area contributed by atoms with Crippen LogP contribution in [0.3, 0.4) is 0 Å². The summed E-state index contributed by atoms with van der Waals surface area (Å²) in [5.74, 6) is 0. The summed E-state index contributed by atoms with van der Waals surface area (Å²) in [5, 5.41) is 3.28. The molecule has 0 radical (unpaired) electrons. The van der Waals surface area contributed by atoms with Gasteiger partial charge in [-0.05, 0) is 76.5 Å². The molecule has 0 fully saturated rings. The molecule has 1 rings (SSSR count). The third-order valence-electron chi connectivity index (χ3n) is 4.73. The van der Waals surface area contributed by atoms with Gasteiger partial charge in [-0.15, -0.1) is 0 Å². The highest BCUT2D eigenvalue weighted by atomic mass is 14.8. The zero-order valence-electron chi connectivity index (χ0n) is 17.5. The molecule has 1 heteroatoms. The molecule has 0 aliphatic heterocycles. The van der Waals surface area contributed by atoms with Gasteiger partial charge in [0.1, 0.15) is 0 Å². The van der Waals surface area contributed by atoms with Crippen LogP contribution in [0.25, 0.3) is 0 Å². The summed E-state index contributed by atoms with van der Waals surface area (Å²) in [6, 6.07) is 8.52. The fraction of sp³-hybridized carbons (Fsp3) is 0.440. The molecule has 0 unspecified atom stereocenters. The van der Waals surface area contributed by atoms with E-state index in [1.54, 1.807) is 0 Å². The van der Waals surface area contributed by atoms with Gasteiger partial charge in [-0.25, -0.2) is 0 Å². The molecule has 0 amide bonds. The summed E-state index contributed by atoms with van der Waals surface area (Å²) in [6.45, 7) is 13.1. The van der Waals surface area contributed by atoms with Gasteiger partial charge in [0.05, 0.1) is 0 Å². The summed E-state index contributed by atoms with van der Waals surface area (Å²) in [5.41, 5.74) is 8.12. The lowest BCUT2D eigenvalue weighted by Gasteiger charge is -2.11. The normalized spacial score (nSPS) is 12.0. The van der Waals surface area contributed by atoms with Crippen molar-refractivity contribution >= 4 is 5.69 Å². The molecule has 0 atom stereocenters. The van der Waals surface area contributed by atoms with Gasteiger partial charge in [0.15, 0.2) is 0 Å². The van der Waals surface area contributed by atoms with Crippen LogP contribution in [0.15, 0.2) is 71.4 Å². The summed E-state index contributed by atoms with van der Waals surface area (Å²) < 4.78 is 0. The molecule has 0 saturated carbocycles. The van der Waals surface area contributed by atoms with Crippen molar-refractivity contribution in [2.24, 2.45) is 0 Å². The number of rotatable bonds is 11. The summed E-state index contributed by atoms with van der Waals surface area (Å²) >= 11 is 0.